The summed E-state index contributed by atoms with van der Waals surface area (Å²) in [5.74, 6) is 0.771. The van der Waals surface area contributed by atoms with Gasteiger partial charge in [-0.15, -0.1) is 0 Å². The van der Waals surface area contributed by atoms with Gasteiger partial charge < -0.3 is 14.8 Å². The summed E-state index contributed by atoms with van der Waals surface area (Å²) in [4.78, 5) is 12.4. The normalized spacial score (nSPS) is 13.4. The van der Waals surface area contributed by atoms with Crippen molar-refractivity contribution < 1.29 is 22.7 Å². The van der Waals surface area contributed by atoms with Gasteiger partial charge in [-0.2, -0.15) is 0 Å². The summed E-state index contributed by atoms with van der Waals surface area (Å²) in [6.07, 6.45) is 1.23. The molecule has 1 aliphatic rings. The van der Waals surface area contributed by atoms with E-state index < -0.39 is 9.84 Å². The number of amides is 1. The smallest absolute Gasteiger partial charge is 0.228 e. The largest absolute Gasteiger partial charge is 0.486 e. The summed E-state index contributed by atoms with van der Waals surface area (Å²) in [6, 6.07) is 9.39. The highest BCUT2D eigenvalue weighted by Gasteiger charge is 2.17. The van der Waals surface area contributed by atoms with Crippen LogP contribution in [0.15, 0.2) is 41.3 Å². The summed E-state index contributed by atoms with van der Waals surface area (Å²) in [6.45, 7) is 0.877. The van der Waals surface area contributed by atoms with E-state index in [0.717, 1.165) is 6.26 Å². The third-order valence-corrected chi connectivity index (χ3v) is 5.00. The molecule has 0 unspecified atom stereocenters. The van der Waals surface area contributed by atoms with Crippen molar-refractivity contribution in [2.24, 2.45) is 0 Å². The number of sulfone groups is 1. The molecule has 132 valence electrons. The number of nitrogens with one attached hydrogen (secondary N) is 1. The first-order chi connectivity index (χ1) is 11.8. The average molecular weight is 382 g/mol. The van der Waals surface area contributed by atoms with Gasteiger partial charge >= 0.3 is 0 Å². The van der Waals surface area contributed by atoms with Gasteiger partial charge in [0.1, 0.15) is 13.2 Å². The van der Waals surface area contributed by atoms with Crippen molar-refractivity contribution in [2.45, 2.75) is 11.3 Å². The van der Waals surface area contributed by atoms with Crippen LogP contribution in [-0.4, -0.2) is 33.8 Å². The number of halogens is 1. The Bertz CT molecular complexity index is 909. The van der Waals surface area contributed by atoms with E-state index in [4.69, 9.17) is 21.1 Å². The molecule has 1 heterocycles. The van der Waals surface area contributed by atoms with E-state index in [2.05, 4.69) is 5.32 Å². The fraction of sp³-hybridized carbons (Fsp3) is 0.235. The summed E-state index contributed by atoms with van der Waals surface area (Å²) < 4.78 is 33.8. The van der Waals surface area contributed by atoms with E-state index in [1.807, 2.05) is 0 Å². The van der Waals surface area contributed by atoms with Crippen LogP contribution < -0.4 is 14.8 Å². The average Bonchev–Trinajstić information content (AvgIpc) is 2.54. The Morgan fingerprint density at radius 2 is 1.84 bits per heavy atom. The molecular formula is C17H16ClNO5S. The van der Waals surface area contributed by atoms with Crippen molar-refractivity contribution >= 4 is 33.0 Å². The predicted octanol–water partition coefficient (Wildman–Crippen LogP) is 2.70. The molecule has 25 heavy (non-hydrogen) atoms. The van der Waals surface area contributed by atoms with Crippen LogP contribution in [0.25, 0.3) is 0 Å². The van der Waals surface area contributed by atoms with Crippen LogP contribution in [0.1, 0.15) is 5.56 Å². The standard InChI is InChI=1S/C17H16ClNO5S/c1-25(21,22)13-4-2-12(3-5-13)19-16(20)10-11-8-14(18)17-15(9-11)23-6-7-24-17/h2-5,8-9H,6-7,10H2,1H3,(H,19,20). The van der Waals surface area contributed by atoms with E-state index in [1.54, 1.807) is 24.3 Å². The molecular weight excluding hydrogens is 366 g/mol. The number of benzene rings is 2. The maximum Gasteiger partial charge on any atom is 0.228 e. The zero-order chi connectivity index (χ0) is 18.0. The number of rotatable bonds is 4. The second kappa shape index (κ2) is 6.93. The molecule has 0 spiro atoms. The van der Waals surface area contributed by atoms with Gasteiger partial charge in [0.2, 0.25) is 5.91 Å². The summed E-state index contributed by atoms with van der Waals surface area (Å²) >= 11 is 6.16. The van der Waals surface area contributed by atoms with Crippen molar-refractivity contribution in [3.05, 3.63) is 47.0 Å². The minimum atomic E-state index is -3.26. The quantitative estimate of drug-likeness (QED) is 0.880. The van der Waals surface area contributed by atoms with Gasteiger partial charge in [0.05, 0.1) is 16.3 Å². The van der Waals surface area contributed by atoms with Crippen LogP contribution in [0.3, 0.4) is 0 Å². The van der Waals surface area contributed by atoms with Crippen molar-refractivity contribution in [3.63, 3.8) is 0 Å². The fourth-order valence-electron chi connectivity index (χ4n) is 2.44. The Kier molecular flexibility index (Phi) is 4.87. The van der Waals surface area contributed by atoms with E-state index in [0.29, 0.717) is 41.0 Å². The molecule has 1 N–H and O–H groups in total. The first-order valence-electron chi connectivity index (χ1n) is 7.51. The predicted molar refractivity (Wildman–Crippen MR) is 94.3 cm³/mol. The third kappa shape index (κ3) is 4.24. The fourth-order valence-corrected chi connectivity index (χ4v) is 3.36. The second-order valence-corrected chi connectivity index (χ2v) is 8.05. The van der Waals surface area contributed by atoms with Crippen molar-refractivity contribution in [1.29, 1.82) is 0 Å². The van der Waals surface area contributed by atoms with Crippen LogP contribution in [-0.2, 0) is 21.1 Å². The number of hydrogen-bond donors (Lipinski definition) is 1. The third-order valence-electron chi connectivity index (χ3n) is 3.59. The minimum Gasteiger partial charge on any atom is -0.486 e. The second-order valence-electron chi connectivity index (χ2n) is 5.62. The Morgan fingerprint density at radius 3 is 2.52 bits per heavy atom. The van der Waals surface area contributed by atoms with Gasteiger partial charge in [-0.1, -0.05) is 11.6 Å². The molecule has 0 atom stereocenters. The van der Waals surface area contributed by atoms with Gasteiger partial charge in [0, 0.05) is 11.9 Å². The molecule has 0 bridgehead atoms. The van der Waals surface area contributed by atoms with Crippen LogP contribution in [0.4, 0.5) is 5.69 Å². The number of carbonyl (C=O) groups excluding carboxylic acids is 1. The first-order valence-corrected chi connectivity index (χ1v) is 9.78. The van der Waals surface area contributed by atoms with E-state index in [-0.39, 0.29) is 17.2 Å². The highest BCUT2D eigenvalue weighted by atomic mass is 35.5. The topological polar surface area (TPSA) is 81.7 Å². The maximum atomic E-state index is 12.2. The molecule has 3 rings (SSSR count). The monoisotopic (exact) mass is 381 g/mol. The van der Waals surface area contributed by atoms with Crippen LogP contribution >= 0.6 is 11.6 Å². The molecule has 0 aromatic heterocycles. The Hall–Kier alpha value is -2.25. The summed E-state index contributed by atoms with van der Waals surface area (Å²) in [7, 11) is -3.26. The highest BCUT2D eigenvalue weighted by molar-refractivity contribution is 7.90. The summed E-state index contributed by atoms with van der Waals surface area (Å²) in [5.41, 5.74) is 1.21. The lowest BCUT2D eigenvalue weighted by Gasteiger charge is -2.20. The van der Waals surface area contributed by atoms with Gasteiger partial charge in [-0.05, 0) is 42.0 Å². The molecule has 6 nitrogen and oxygen atoms in total. The van der Waals surface area contributed by atoms with Gasteiger partial charge in [-0.25, -0.2) is 8.42 Å². The van der Waals surface area contributed by atoms with Crippen molar-refractivity contribution in [2.75, 3.05) is 24.8 Å². The number of fused-ring (bicyclic) bond motifs is 1. The maximum absolute atomic E-state index is 12.2. The van der Waals surface area contributed by atoms with E-state index in [9.17, 15) is 13.2 Å². The van der Waals surface area contributed by atoms with Crippen LogP contribution in [0.2, 0.25) is 5.02 Å². The molecule has 0 saturated carbocycles. The molecule has 2 aromatic carbocycles. The first kappa shape index (κ1) is 17.6. The molecule has 0 radical (unpaired) electrons. The minimum absolute atomic E-state index is 0.101. The lowest BCUT2D eigenvalue weighted by atomic mass is 10.1. The van der Waals surface area contributed by atoms with Gasteiger partial charge in [-0.3, -0.25) is 4.79 Å². The van der Waals surface area contributed by atoms with Crippen molar-refractivity contribution in [1.82, 2.24) is 0 Å². The van der Waals surface area contributed by atoms with Gasteiger partial charge in [0.25, 0.3) is 0 Å². The lowest BCUT2D eigenvalue weighted by molar-refractivity contribution is -0.115. The van der Waals surface area contributed by atoms with E-state index in [1.165, 1.54) is 12.1 Å². The number of hydrogen-bond acceptors (Lipinski definition) is 5. The molecule has 1 amide bonds. The highest BCUT2D eigenvalue weighted by Crippen LogP contribution is 2.38. The molecule has 8 heteroatoms. The molecule has 0 aliphatic carbocycles. The summed E-state index contributed by atoms with van der Waals surface area (Å²) in [5, 5.41) is 3.12. The number of ether oxygens (including phenoxy) is 2. The molecule has 0 fully saturated rings. The SMILES string of the molecule is CS(=O)(=O)c1ccc(NC(=O)Cc2cc(Cl)c3c(c2)OCCO3)cc1. The number of carbonyl (C=O) groups is 1. The van der Waals surface area contributed by atoms with Crippen molar-refractivity contribution in [3.8, 4) is 11.5 Å². The van der Waals surface area contributed by atoms with Crippen LogP contribution in [0.5, 0.6) is 11.5 Å². The molecule has 0 saturated heterocycles. The Labute approximate surface area is 150 Å². The van der Waals surface area contributed by atoms with E-state index >= 15 is 0 Å². The molecule has 1 aliphatic heterocycles. The Morgan fingerprint density at radius 1 is 1.16 bits per heavy atom. The Balaban J connectivity index is 1.69. The lowest BCUT2D eigenvalue weighted by Crippen LogP contribution is -2.17. The van der Waals surface area contributed by atoms with Crippen LogP contribution in [0, 0.1) is 0 Å². The molecule has 2 aromatic rings. The number of anilines is 1. The zero-order valence-corrected chi connectivity index (χ0v) is 15.0. The van der Waals surface area contributed by atoms with Gasteiger partial charge in [0.15, 0.2) is 21.3 Å². The zero-order valence-electron chi connectivity index (χ0n) is 13.4.